The molecule has 0 aliphatic carbocycles. The van der Waals surface area contributed by atoms with E-state index in [1.807, 2.05) is 38.2 Å². The van der Waals surface area contributed by atoms with Crippen molar-refractivity contribution in [3.63, 3.8) is 0 Å². The molecule has 102 valence electrons. The predicted octanol–water partition coefficient (Wildman–Crippen LogP) is 2.97. The first kappa shape index (κ1) is 13.6. The molecule has 0 amide bonds. The van der Waals surface area contributed by atoms with Gasteiger partial charge in [-0.1, -0.05) is 18.2 Å². The van der Waals surface area contributed by atoms with Gasteiger partial charge in [-0.05, 0) is 26.8 Å². The summed E-state index contributed by atoms with van der Waals surface area (Å²) in [4.78, 5) is 0. The number of aromatic nitrogens is 2. The largest absolute Gasteiger partial charge is 0.494 e. The van der Waals surface area contributed by atoms with Crippen LogP contribution in [0.2, 0.25) is 0 Å². The van der Waals surface area contributed by atoms with Crippen molar-refractivity contribution in [1.82, 2.24) is 15.5 Å². The van der Waals surface area contributed by atoms with E-state index >= 15 is 0 Å². The van der Waals surface area contributed by atoms with Gasteiger partial charge in [0.05, 0.1) is 12.8 Å². The minimum absolute atomic E-state index is 0.233. The minimum Gasteiger partial charge on any atom is -0.494 e. The van der Waals surface area contributed by atoms with Gasteiger partial charge in [-0.25, -0.2) is 0 Å². The lowest BCUT2D eigenvalue weighted by molar-refractivity contribution is 0.332. The zero-order valence-corrected chi connectivity index (χ0v) is 11.7. The summed E-state index contributed by atoms with van der Waals surface area (Å²) >= 11 is 0. The molecule has 0 aliphatic rings. The summed E-state index contributed by atoms with van der Waals surface area (Å²) < 4.78 is 5.66. The molecule has 2 rings (SSSR count). The van der Waals surface area contributed by atoms with Crippen LogP contribution in [0.3, 0.4) is 0 Å². The van der Waals surface area contributed by atoms with Crippen LogP contribution in [0.5, 0.6) is 5.75 Å². The number of hydrogen-bond donors (Lipinski definition) is 2. The summed E-state index contributed by atoms with van der Waals surface area (Å²) in [6.45, 7) is 7.66. The predicted molar refractivity (Wildman–Crippen MR) is 76.2 cm³/mol. The summed E-state index contributed by atoms with van der Waals surface area (Å²) in [5.41, 5.74) is 3.49. The smallest absolute Gasteiger partial charge is 0.124 e. The van der Waals surface area contributed by atoms with Gasteiger partial charge in [0.25, 0.3) is 0 Å². The van der Waals surface area contributed by atoms with E-state index in [1.165, 1.54) is 11.1 Å². The van der Waals surface area contributed by atoms with Crippen LogP contribution < -0.4 is 10.1 Å². The Morgan fingerprint density at radius 2 is 2.16 bits per heavy atom. The number of rotatable bonds is 6. The van der Waals surface area contributed by atoms with Crippen molar-refractivity contribution in [3.8, 4) is 5.75 Å². The number of aromatic amines is 1. The van der Waals surface area contributed by atoms with E-state index in [0.29, 0.717) is 6.61 Å². The number of nitrogens with zero attached hydrogens (tertiary/aromatic N) is 1. The molecule has 0 saturated heterocycles. The molecule has 1 unspecified atom stereocenters. The highest BCUT2D eigenvalue weighted by Crippen LogP contribution is 2.25. The molecule has 1 aromatic heterocycles. The van der Waals surface area contributed by atoms with E-state index < -0.39 is 0 Å². The number of nitrogens with one attached hydrogen (secondary N) is 2. The summed E-state index contributed by atoms with van der Waals surface area (Å²) in [7, 11) is 0. The van der Waals surface area contributed by atoms with Gasteiger partial charge in [-0.2, -0.15) is 5.10 Å². The number of H-pyrrole nitrogens is 1. The van der Waals surface area contributed by atoms with Crippen LogP contribution in [-0.4, -0.2) is 16.8 Å². The van der Waals surface area contributed by atoms with E-state index in [1.54, 1.807) is 0 Å². The Bertz CT molecular complexity index is 522. The Kier molecular flexibility index (Phi) is 4.58. The Morgan fingerprint density at radius 1 is 1.37 bits per heavy atom. The van der Waals surface area contributed by atoms with Crippen molar-refractivity contribution < 1.29 is 4.74 Å². The zero-order valence-electron chi connectivity index (χ0n) is 11.7. The maximum Gasteiger partial charge on any atom is 0.124 e. The van der Waals surface area contributed by atoms with Crippen LogP contribution in [-0.2, 0) is 6.54 Å². The highest BCUT2D eigenvalue weighted by Gasteiger charge is 2.11. The Morgan fingerprint density at radius 3 is 2.84 bits per heavy atom. The molecule has 0 spiro atoms. The second-order valence-electron chi connectivity index (χ2n) is 4.59. The van der Waals surface area contributed by atoms with Crippen LogP contribution >= 0.6 is 0 Å². The normalized spacial score (nSPS) is 12.4. The minimum atomic E-state index is 0.233. The second kappa shape index (κ2) is 6.38. The number of para-hydroxylation sites is 1. The van der Waals surface area contributed by atoms with Crippen molar-refractivity contribution in [3.05, 3.63) is 47.3 Å². The highest BCUT2D eigenvalue weighted by molar-refractivity contribution is 5.35. The van der Waals surface area contributed by atoms with Crippen molar-refractivity contribution in [2.24, 2.45) is 0 Å². The molecule has 2 N–H and O–H groups in total. The number of benzene rings is 1. The van der Waals surface area contributed by atoms with Crippen molar-refractivity contribution in [2.75, 3.05) is 6.61 Å². The monoisotopic (exact) mass is 259 g/mol. The Balaban J connectivity index is 2.03. The fraction of sp³-hybridized carbons (Fsp3) is 0.400. The lowest BCUT2D eigenvalue weighted by atomic mass is 10.1. The van der Waals surface area contributed by atoms with Crippen LogP contribution in [0, 0.1) is 6.92 Å². The topological polar surface area (TPSA) is 49.9 Å². The molecule has 4 heteroatoms. The third kappa shape index (κ3) is 3.35. The number of aryl methyl sites for hydroxylation is 1. The molecule has 0 saturated carbocycles. The van der Waals surface area contributed by atoms with Crippen molar-refractivity contribution in [2.45, 2.75) is 33.4 Å². The van der Waals surface area contributed by atoms with E-state index in [2.05, 4.69) is 28.5 Å². The van der Waals surface area contributed by atoms with Crippen molar-refractivity contribution in [1.29, 1.82) is 0 Å². The van der Waals surface area contributed by atoms with E-state index in [-0.39, 0.29) is 6.04 Å². The quantitative estimate of drug-likeness (QED) is 0.838. The van der Waals surface area contributed by atoms with Crippen LogP contribution in [0.4, 0.5) is 0 Å². The lowest BCUT2D eigenvalue weighted by Gasteiger charge is -2.17. The van der Waals surface area contributed by atoms with Gasteiger partial charge in [0.1, 0.15) is 5.75 Å². The van der Waals surface area contributed by atoms with Gasteiger partial charge in [-0.3, -0.25) is 5.10 Å². The van der Waals surface area contributed by atoms with Crippen LogP contribution in [0.15, 0.2) is 30.5 Å². The number of ether oxygens (including phenoxy) is 1. The highest BCUT2D eigenvalue weighted by atomic mass is 16.5. The zero-order chi connectivity index (χ0) is 13.7. The summed E-state index contributed by atoms with van der Waals surface area (Å²) in [6, 6.07) is 8.39. The average molecular weight is 259 g/mol. The van der Waals surface area contributed by atoms with E-state index in [9.17, 15) is 0 Å². The molecule has 1 aromatic carbocycles. The molecule has 2 aromatic rings. The standard InChI is InChI=1S/C15H21N3O/c1-4-19-15-8-6-5-7-14(15)12(3)16-9-13-10-17-18-11(13)2/h5-8,10,12,16H,4,9H2,1-3H3,(H,17,18). The Labute approximate surface area is 114 Å². The van der Waals surface area contributed by atoms with Gasteiger partial charge >= 0.3 is 0 Å². The van der Waals surface area contributed by atoms with Gasteiger partial charge in [-0.15, -0.1) is 0 Å². The first-order valence-electron chi connectivity index (χ1n) is 6.66. The van der Waals surface area contributed by atoms with Gasteiger partial charge in [0, 0.05) is 29.4 Å². The molecule has 19 heavy (non-hydrogen) atoms. The fourth-order valence-corrected chi connectivity index (χ4v) is 2.05. The SMILES string of the molecule is CCOc1ccccc1C(C)NCc1cn[nH]c1C. The maximum absolute atomic E-state index is 5.66. The number of hydrogen-bond acceptors (Lipinski definition) is 3. The van der Waals surface area contributed by atoms with Gasteiger partial charge < -0.3 is 10.1 Å². The van der Waals surface area contributed by atoms with Gasteiger partial charge in [0.2, 0.25) is 0 Å². The second-order valence-corrected chi connectivity index (χ2v) is 4.59. The van der Waals surface area contributed by atoms with E-state index in [0.717, 1.165) is 18.0 Å². The van der Waals surface area contributed by atoms with E-state index in [4.69, 9.17) is 4.74 Å². The molecule has 0 fully saturated rings. The van der Waals surface area contributed by atoms with Crippen molar-refractivity contribution >= 4 is 0 Å². The first-order valence-corrected chi connectivity index (χ1v) is 6.66. The maximum atomic E-state index is 5.66. The van der Waals surface area contributed by atoms with Crippen LogP contribution in [0.1, 0.15) is 36.7 Å². The summed E-state index contributed by atoms with van der Waals surface area (Å²) in [6.07, 6.45) is 1.86. The molecular formula is C15H21N3O. The Hall–Kier alpha value is -1.81. The third-order valence-corrected chi connectivity index (χ3v) is 3.22. The molecule has 1 atom stereocenters. The average Bonchev–Trinajstić information content (AvgIpc) is 2.82. The summed E-state index contributed by atoms with van der Waals surface area (Å²) in [5, 5.41) is 10.5. The molecule has 4 nitrogen and oxygen atoms in total. The van der Waals surface area contributed by atoms with Gasteiger partial charge in [0.15, 0.2) is 0 Å². The lowest BCUT2D eigenvalue weighted by Crippen LogP contribution is -2.19. The molecule has 0 bridgehead atoms. The third-order valence-electron chi connectivity index (χ3n) is 3.22. The molecule has 0 aliphatic heterocycles. The first-order chi connectivity index (χ1) is 9.22. The summed E-state index contributed by atoms with van der Waals surface area (Å²) in [5.74, 6) is 0.953. The molecule has 1 heterocycles. The molecular weight excluding hydrogens is 238 g/mol. The molecule has 0 radical (unpaired) electrons. The fourth-order valence-electron chi connectivity index (χ4n) is 2.05. The van der Waals surface area contributed by atoms with Crippen LogP contribution in [0.25, 0.3) is 0 Å².